The van der Waals surface area contributed by atoms with Gasteiger partial charge in [0.15, 0.2) is 0 Å². The average Bonchev–Trinajstić information content (AvgIpc) is 2.40. The van der Waals surface area contributed by atoms with Gasteiger partial charge in [-0.2, -0.15) is 0 Å². The van der Waals surface area contributed by atoms with Crippen molar-refractivity contribution in [2.45, 2.75) is 52.0 Å². The maximum Gasteiger partial charge on any atom is 0.129 e. The summed E-state index contributed by atoms with van der Waals surface area (Å²) < 4.78 is 0. The van der Waals surface area contributed by atoms with Crippen LogP contribution in [0.4, 0.5) is 0 Å². The minimum Gasteiger partial charge on any atom is -0.307 e. The fraction of sp³-hybridized carbons (Fsp3) is 0.562. The van der Waals surface area contributed by atoms with Crippen molar-refractivity contribution in [3.05, 3.63) is 35.9 Å². The largest absolute Gasteiger partial charge is 0.307 e. The molecule has 2 heteroatoms. The van der Waals surface area contributed by atoms with Gasteiger partial charge in [-0.1, -0.05) is 44.2 Å². The van der Waals surface area contributed by atoms with Gasteiger partial charge in [0, 0.05) is 12.0 Å². The Bertz CT molecular complexity index is 355. The number of ketones is 1. The van der Waals surface area contributed by atoms with E-state index in [1.807, 2.05) is 0 Å². The van der Waals surface area contributed by atoms with Crippen LogP contribution in [0.25, 0.3) is 0 Å². The number of hydrogen-bond donors (Lipinski definition) is 1. The first-order valence-electron chi connectivity index (χ1n) is 6.94. The Morgan fingerprint density at radius 1 is 1.17 bits per heavy atom. The second kappa shape index (κ2) is 7.32. The third kappa shape index (κ3) is 3.95. The standard InChI is InChI=1S/C16H25NO/c1-4-16(5-2,15-11-7-6-8-12-15)17-13-9-10-14(3)18/h6-8,11-12,17H,4-5,9-10,13H2,1-3H3. The third-order valence-electron chi connectivity index (χ3n) is 3.70. The second-order valence-corrected chi connectivity index (χ2v) is 4.89. The Hall–Kier alpha value is -1.15. The molecule has 0 saturated heterocycles. The number of carbonyl (C=O) groups is 1. The van der Waals surface area contributed by atoms with E-state index in [2.05, 4.69) is 49.5 Å². The molecule has 0 radical (unpaired) electrons. The van der Waals surface area contributed by atoms with Crippen molar-refractivity contribution in [3.8, 4) is 0 Å². The highest BCUT2D eigenvalue weighted by atomic mass is 16.1. The van der Waals surface area contributed by atoms with Gasteiger partial charge in [-0.3, -0.25) is 0 Å². The van der Waals surface area contributed by atoms with Gasteiger partial charge in [0.25, 0.3) is 0 Å². The molecule has 1 aromatic carbocycles. The van der Waals surface area contributed by atoms with Crippen LogP contribution in [-0.4, -0.2) is 12.3 Å². The maximum atomic E-state index is 10.9. The number of benzene rings is 1. The molecule has 0 saturated carbocycles. The number of hydrogen-bond acceptors (Lipinski definition) is 2. The fourth-order valence-corrected chi connectivity index (χ4v) is 2.43. The summed E-state index contributed by atoms with van der Waals surface area (Å²) in [5.41, 5.74) is 1.40. The van der Waals surface area contributed by atoms with E-state index in [4.69, 9.17) is 0 Å². The first-order valence-corrected chi connectivity index (χ1v) is 6.94. The summed E-state index contributed by atoms with van der Waals surface area (Å²) in [6.45, 7) is 6.99. The lowest BCUT2D eigenvalue weighted by atomic mass is 9.84. The smallest absolute Gasteiger partial charge is 0.129 e. The number of Topliss-reactive ketones (excluding diaryl/α,β-unsaturated/α-hetero) is 1. The first-order chi connectivity index (χ1) is 8.64. The van der Waals surface area contributed by atoms with Gasteiger partial charge in [0.1, 0.15) is 5.78 Å². The molecule has 100 valence electrons. The van der Waals surface area contributed by atoms with E-state index in [1.165, 1.54) is 5.56 Å². The zero-order valence-corrected chi connectivity index (χ0v) is 11.8. The van der Waals surface area contributed by atoms with E-state index >= 15 is 0 Å². The predicted octanol–water partition coefficient (Wildman–Crippen LogP) is 3.66. The Morgan fingerprint density at radius 2 is 1.78 bits per heavy atom. The summed E-state index contributed by atoms with van der Waals surface area (Å²) in [7, 11) is 0. The van der Waals surface area contributed by atoms with Crippen LogP contribution in [-0.2, 0) is 10.3 Å². The molecule has 0 fully saturated rings. The number of carbonyl (C=O) groups excluding carboxylic acids is 1. The van der Waals surface area contributed by atoms with Crippen LogP contribution in [0, 0.1) is 0 Å². The minimum absolute atomic E-state index is 0.0536. The van der Waals surface area contributed by atoms with Gasteiger partial charge < -0.3 is 10.1 Å². The Labute approximate surface area is 111 Å². The Balaban J connectivity index is 2.66. The van der Waals surface area contributed by atoms with E-state index in [-0.39, 0.29) is 11.3 Å². The summed E-state index contributed by atoms with van der Waals surface area (Å²) in [4.78, 5) is 10.9. The molecule has 0 spiro atoms. The topological polar surface area (TPSA) is 29.1 Å². The summed E-state index contributed by atoms with van der Waals surface area (Å²) in [5, 5.41) is 3.65. The minimum atomic E-state index is 0.0536. The molecule has 0 atom stereocenters. The molecule has 0 unspecified atom stereocenters. The zero-order valence-electron chi connectivity index (χ0n) is 11.8. The van der Waals surface area contributed by atoms with Crippen LogP contribution in [0.5, 0.6) is 0 Å². The molecule has 0 aliphatic carbocycles. The second-order valence-electron chi connectivity index (χ2n) is 4.89. The van der Waals surface area contributed by atoms with Crippen molar-refractivity contribution in [1.82, 2.24) is 5.32 Å². The molecule has 18 heavy (non-hydrogen) atoms. The van der Waals surface area contributed by atoms with E-state index in [1.54, 1.807) is 6.92 Å². The van der Waals surface area contributed by atoms with E-state index in [9.17, 15) is 4.79 Å². The summed E-state index contributed by atoms with van der Waals surface area (Å²) in [5.74, 6) is 0.273. The first kappa shape index (κ1) is 14.9. The van der Waals surface area contributed by atoms with Crippen LogP contribution in [0.2, 0.25) is 0 Å². The summed E-state index contributed by atoms with van der Waals surface area (Å²) in [6, 6.07) is 10.6. The molecule has 0 amide bonds. The lowest BCUT2D eigenvalue weighted by Crippen LogP contribution is -2.42. The Morgan fingerprint density at radius 3 is 2.28 bits per heavy atom. The molecule has 0 aliphatic heterocycles. The number of nitrogens with one attached hydrogen (secondary N) is 1. The van der Waals surface area contributed by atoms with Crippen molar-refractivity contribution in [3.63, 3.8) is 0 Å². The highest BCUT2D eigenvalue weighted by molar-refractivity contribution is 5.75. The average molecular weight is 247 g/mol. The van der Waals surface area contributed by atoms with Crippen LogP contribution in [0.3, 0.4) is 0 Å². The van der Waals surface area contributed by atoms with E-state index < -0.39 is 0 Å². The Kier molecular flexibility index (Phi) is 6.06. The predicted molar refractivity (Wildman–Crippen MR) is 76.6 cm³/mol. The normalized spacial score (nSPS) is 11.5. The molecule has 0 heterocycles. The van der Waals surface area contributed by atoms with E-state index in [0.717, 1.165) is 25.8 Å². The van der Waals surface area contributed by atoms with Crippen molar-refractivity contribution < 1.29 is 4.79 Å². The molecule has 0 aromatic heterocycles. The monoisotopic (exact) mass is 247 g/mol. The van der Waals surface area contributed by atoms with Gasteiger partial charge in [-0.25, -0.2) is 0 Å². The highest BCUT2D eigenvalue weighted by Gasteiger charge is 2.26. The van der Waals surface area contributed by atoms with Crippen LogP contribution in [0.15, 0.2) is 30.3 Å². The van der Waals surface area contributed by atoms with Crippen molar-refractivity contribution in [1.29, 1.82) is 0 Å². The van der Waals surface area contributed by atoms with Crippen LogP contribution < -0.4 is 5.32 Å². The number of rotatable bonds is 8. The van der Waals surface area contributed by atoms with Crippen LogP contribution >= 0.6 is 0 Å². The van der Waals surface area contributed by atoms with Gasteiger partial charge in [0.2, 0.25) is 0 Å². The third-order valence-corrected chi connectivity index (χ3v) is 3.70. The fourth-order valence-electron chi connectivity index (χ4n) is 2.43. The zero-order chi connectivity index (χ0) is 13.4. The molecule has 0 bridgehead atoms. The van der Waals surface area contributed by atoms with Gasteiger partial charge in [-0.05, 0) is 38.3 Å². The van der Waals surface area contributed by atoms with Crippen LogP contribution in [0.1, 0.15) is 52.0 Å². The molecule has 1 aromatic rings. The van der Waals surface area contributed by atoms with Crippen molar-refractivity contribution in [2.75, 3.05) is 6.54 Å². The summed E-state index contributed by atoms with van der Waals surface area (Å²) in [6.07, 6.45) is 3.72. The molecule has 1 rings (SSSR count). The van der Waals surface area contributed by atoms with Gasteiger partial charge >= 0.3 is 0 Å². The molecule has 0 aliphatic rings. The SMILES string of the molecule is CCC(CC)(NCCCC(C)=O)c1ccccc1. The van der Waals surface area contributed by atoms with Crippen molar-refractivity contribution in [2.24, 2.45) is 0 Å². The lowest BCUT2D eigenvalue weighted by molar-refractivity contribution is -0.117. The molecular weight excluding hydrogens is 222 g/mol. The quantitative estimate of drug-likeness (QED) is 0.710. The van der Waals surface area contributed by atoms with Gasteiger partial charge in [-0.15, -0.1) is 0 Å². The molecule has 2 nitrogen and oxygen atoms in total. The maximum absolute atomic E-state index is 10.9. The van der Waals surface area contributed by atoms with E-state index in [0.29, 0.717) is 6.42 Å². The van der Waals surface area contributed by atoms with Gasteiger partial charge in [0.05, 0.1) is 0 Å². The molecular formula is C16H25NO. The lowest BCUT2D eigenvalue weighted by Gasteiger charge is -2.34. The van der Waals surface area contributed by atoms with Crippen molar-refractivity contribution >= 4 is 5.78 Å². The summed E-state index contributed by atoms with van der Waals surface area (Å²) >= 11 is 0. The highest BCUT2D eigenvalue weighted by Crippen LogP contribution is 2.28. The molecule has 1 N–H and O–H groups in total.